The van der Waals surface area contributed by atoms with Gasteiger partial charge in [0.2, 0.25) is 0 Å². The zero-order valence-electron chi connectivity index (χ0n) is 8.73. The molecular weight excluding hydrogens is 214 g/mol. The summed E-state index contributed by atoms with van der Waals surface area (Å²) in [6.45, 7) is 1.84. The zero-order valence-corrected chi connectivity index (χ0v) is 9.49. The highest BCUT2D eigenvalue weighted by atomic mass is 35.5. The first kappa shape index (κ1) is 10.9. The van der Waals surface area contributed by atoms with Gasteiger partial charge in [-0.05, 0) is 25.7 Å². The number of hydrogen-bond acceptors (Lipinski definition) is 3. The highest BCUT2D eigenvalue weighted by Crippen LogP contribution is 2.16. The highest BCUT2D eigenvalue weighted by molar-refractivity contribution is 6.16. The fraction of sp³-hybridized carbons (Fsp3) is 0.800. The number of aromatic nitrogens is 3. The van der Waals surface area contributed by atoms with E-state index in [9.17, 15) is 0 Å². The summed E-state index contributed by atoms with van der Waals surface area (Å²) in [6.07, 6.45) is 7.02. The summed E-state index contributed by atoms with van der Waals surface area (Å²) >= 11 is 5.64. The maximum Gasteiger partial charge on any atom is 0.0974 e. The summed E-state index contributed by atoms with van der Waals surface area (Å²) in [4.78, 5) is 0. The van der Waals surface area contributed by atoms with Gasteiger partial charge >= 0.3 is 0 Å². The summed E-state index contributed by atoms with van der Waals surface area (Å²) in [6, 6.07) is 0. The Morgan fingerprint density at radius 1 is 1.60 bits per heavy atom. The molecule has 1 aromatic heterocycles. The van der Waals surface area contributed by atoms with Crippen LogP contribution in [0.3, 0.4) is 0 Å². The van der Waals surface area contributed by atoms with Gasteiger partial charge in [0.15, 0.2) is 0 Å². The zero-order chi connectivity index (χ0) is 10.5. The minimum atomic E-state index is 0.436. The van der Waals surface area contributed by atoms with Crippen LogP contribution < -0.4 is 0 Å². The molecule has 2 heterocycles. The van der Waals surface area contributed by atoms with Crippen molar-refractivity contribution in [3.05, 3.63) is 11.9 Å². The summed E-state index contributed by atoms with van der Waals surface area (Å²) < 4.78 is 7.40. The van der Waals surface area contributed by atoms with E-state index in [1.165, 1.54) is 12.8 Å². The molecule has 4 nitrogen and oxygen atoms in total. The van der Waals surface area contributed by atoms with E-state index in [0.29, 0.717) is 12.0 Å². The molecule has 1 aliphatic rings. The van der Waals surface area contributed by atoms with Gasteiger partial charge in [-0.3, -0.25) is 4.68 Å². The van der Waals surface area contributed by atoms with Crippen molar-refractivity contribution in [1.82, 2.24) is 15.0 Å². The molecule has 2 rings (SSSR count). The Bertz CT molecular complexity index is 297. The number of aryl methyl sites for hydroxylation is 1. The molecule has 1 aliphatic heterocycles. The van der Waals surface area contributed by atoms with Gasteiger partial charge in [0.1, 0.15) is 0 Å². The normalized spacial score (nSPS) is 21.0. The van der Waals surface area contributed by atoms with Gasteiger partial charge in [-0.15, -0.1) is 16.7 Å². The van der Waals surface area contributed by atoms with Crippen LogP contribution in [0, 0.1) is 0 Å². The molecule has 1 atom stereocenters. The summed E-state index contributed by atoms with van der Waals surface area (Å²) in [5.41, 5.74) is 0.841. The molecule has 0 amide bonds. The Morgan fingerprint density at radius 3 is 3.20 bits per heavy atom. The van der Waals surface area contributed by atoms with Crippen LogP contribution in [-0.2, 0) is 17.2 Å². The largest absolute Gasteiger partial charge is 0.378 e. The van der Waals surface area contributed by atoms with Gasteiger partial charge in [-0.1, -0.05) is 5.21 Å². The second-order valence-corrected chi connectivity index (χ2v) is 4.15. The summed E-state index contributed by atoms with van der Waals surface area (Å²) in [5, 5.41) is 7.93. The predicted octanol–water partition coefficient (Wildman–Crippen LogP) is 1.98. The van der Waals surface area contributed by atoms with E-state index >= 15 is 0 Å². The SMILES string of the molecule is ClCc1cn(CCCC2CCCO2)nn1. The van der Waals surface area contributed by atoms with E-state index < -0.39 is 0 Å². The van der Waals surface area contributed by atoms with E-state index in [0.717, 1.165) is 31.7 Å². The average Bonchev–Trinajstić information content (AvgIpc) is 2.88. The van der Waals surface area contributed by atoms with Crippen LogP contribution in [0.2, 0.25) is 0 Å². The van der Waals surface area contributed by atoms with Crippen molar-refractivity contribution < 1.29 is 4.74 Å². The van der Waals surface area contributed by atoms with Crippen LogP contribution in [0.4, 0.5) is 0 Å². The molecule has 0 N–H and O–H groups in total. The van der Waals surface area contributed by atoms with Crippen LogP contribution in [0.5, 0.6) is 0 Å². The lowest BCUT2D eigenvalue weighted by molar-refractivity contribution is 0.101. The maximum absolute atomic E-state index is 5.64. The van der Waals surface area contributed by atoms with Crippen molar-refractivity contribution in [2.45, 2.75) is 44.2 Å². The predicted molar refractivity (Wildman–Crippen MR) is 57.8 cm³/mol. The number of nitrogens with zero attached hydrogens (tertiary/aromatic N) is 3. The fourth-order valence-electron chi connectivity index (χ4n) is 1.86. The van der Waals surface area contributed by atoms with Gasteiger partial charge in [0.05, 0.1) is 17.7 Å². The van der Waals surface area contributed by atoms with Crippen LogP contribution >= 0.6 is 11.6 Å². The maximum atomic E-state index is 5.64. The first-order valence-electron chi connectivity index (χ1n) is 5.45. The van der Waals surface area contributed by atoms with Gasteiger partial charge in [0.25, 0.3) is 0 Å². The second kappa shape index (κ2) is 5.47. The number of halogens is 1. The third-order valence-corrected chi connectivity index (χ3v) is 2.93. The number of ether oxygens (including phenoxy) is 1. The first-order chi connectivity index (χ1) is 7.38. The van der Waals surface area contributed by atoms with E-state index in [2.05, 4.69) is 10.3 Å². The van der Waals surface area contributed by atoms with Crippen molar-refractivity contribution in [2.75, 3.05) is 6.61 Å². The molecule has 1 aromatic rings. The summed E-state index contributed by atoms with van der Waals surface area (Å²) in [5.74, 6) is 0.436. The lowest BCUT2D eigenvalue weighted by Gasteiger charge is -2.07. The van der Waals surface area contributed by atoms with Gasteiger partial charge in [-0.25, -0.2) is 0 Å². The Kier molecular flexibility index (Phi) is 3.97. The number of hydrogen-bond donors (Lipinski definition) is 0. The highest BCUT2D eigenvalue weighted by Gasteiger charge is 2.14. The molecule has 0 aliphatic carbocycles. The van der Waals surface area contributed by atoms with Gasteiger partial charge < -0.3 is 4.74 Å². The minimum Gasteiger partial charge on any atom is -0.378 e. The second-order valence-electron chi connectivity index (χ2n) is 3.88. The smallest absolute Gasteiger partial charge is 0.0974 e. The number of alkyl halides is 1. The first-order valence-corrected chi connectivity index (χ1v) is 5.98. The fourth-order valence-corrected chi connectivity index (χ4v) is 1.98. The summed E-state index contributed by atoms with van der Waals surface area (Å²) in [7, 11) is 0. The molecule has 0 spiro atoms. The molecular formula is C10H16ClN3O. The van der Waals surface area contributed by atoms with E-state index in [-0.39, 0.29) is 0 Å². The molecule has 84 valence electrons. The molecule has 1 unspecified atom stereocenters. The van der Waals surface area contributed by atoms with E-state index in [4.69, 9.17) is 16.3 Å². The number of rotatable bonds is 5. The lowest BCUT2D eigenvalue weighted by atomic mass is 10.1. The van der Waals surface area contributed by atoms with Crippen LogP contribution in [0.15, 0.2) is 6.20 Å². The Hall–Kier alpha value is -0.610. The average molecular weight is 230 g/mol. The van der Waals surface area contributed by atoms with Crippen LogP contribution in [0.1, 0.15) is 31.4 Å². The molecule has 0 bridgehead atoms. The lowest BCUT2D eigenvalue weighted by Crippen LogP contribution is -2.07. The topological polar surface area (TPSA) is 39.9 Å². The van der Waals surface area contributed by atoms with E-state index in [1.807, 2.05) is 10.9 Å². The molecule has 1 fully saturated rings. The van der Waals surface area contributed by atoms with Crippen molar-refractivity contribution in [3.8, 4) is 0 Å². The Labute approximate surface area is 94.6 Å². The van der Waals surface area contributed by atoms with Crippen molar-refractivity contribution >= 4 is 11.6 Å². The molecule has 5 heteroatoms. The molecule has 0 saturated carbocycles. The Balaban J connectivity index is 1.68. The van der Waals surface area contributed by atoms with Gasteiger partial charge in [0, 0.05) is 19.3 Å². The van der Waals surface area contributed by atoms with Crippen molar-refractivity contribution in [3.63, 3.8) is 0 Å². The molecule has 0 radical (unpaired) electrons. The molecule has 0 aromatic carbocycles. The van der Waals surface area contributed by atoms with Crippen molar-refractivity contribution in [2.24, 2.45) is 0 Å². The molecule has 1 saturated heterocycles. The third kappa shape index (κ3) is 3.18. The quantitative estimate of drug-likeness (QED) is 0.725. The Morgan fingerprint density at radius 2 is 2.53 bits per heavy atom. The standard InChI is InChI=1S/C10H16ClN3O/c11-7-9-8-14(13-12-9)5-1-3-10-4-2-6-15-10/h8,10H,1-7H2. The molecule has 15 heavy (non-hydrogen) atoms. The monoisotopic (exact) mass is 229 g/mol. The third-order valence-electron chi connectivity index (χ3n) is 2.66. The van der Waals surface area contributed by atoms with Crippen molar-refractivity contribution in [1.29, 1.82) is 0 Å². The van der Waals surface area contributed by atoms with Gasteiger partial charge in [-0.2, -0.15) is 0 Å². The van der Waals surface area contributed by atoms with E-state index in [1.54, 1.807) is 0 Å². The van der Waals surface area contributed by atoms with Crippen LogP contribution in [-0.4, -0.2) is 27.7 Å². The van der Waals surface area contributed by atoms with Crippen LogP contribution in [0.25, 0.3) is 0 Å². The minimum absolute atomic E-state index is 0.436.